The fourth-order valence-electron chi connectivity index (χ4n) is 4.66. The van der Waals surface area contributed by atoms with E-state index >= 15 is 0 Å². The number of fused-ring (bicyclic) bond motifs is 2. The summed E-state index contributed by atoms with van der Waals surface area (Å²) in [6.45, 7) is 4.02. The molecule has 0 fully saturated rings. The van der Waals surface area contributed by atoms with Crippen molar-refractivity contribution in [2.45, 2.75) is 13.8 Å². The van der Waals surface area contributed by atoms with Gasteiger partial charge in [0.2, 0.25) is 0 Å². The van der Waals surface area contributed by atoms with Gasteiger partial charge in [-0.15, -0.1) is 11.3 Å². The van der Waals surface area contributed by atoms with E-state index in [2.05, 4.69) is 60.8 Å². The minimum atomic E-state index is -0.182. The SMILES string of the molecule is Cc1ccc(-c2nc3ccccc3c(C(=O)Nc3nc(-c4cccc5ccccc45)cs3)c2C)cc1. The number of rotatable bonds is 4. The van der Waals surface area contributed by atoms with Crippen LogP contribution in [-0.2, 0) is 0 Å². The highest BCUT2D eigenvalue weighted by atomic mass is 32.1. The van der Waals surface area contributed by atoms with Gasteiger partial charge >= 0.3 is 0 Å². The van der Waals surface area contributed by atoms with Gasteiger partial charge in [0.05, 0.1) is 22.5 Å². The summed E-state index contributed by atoms with van der Waals surface area (Å²) in [7, 11) is 0. The van der Waals surface area contributed by atoms with Crippen molar-refractivity contribution in [2.24, 2.45) is 0 Å². The van der Waals surface area contributed by atoms with E-state index in [0.717, 1.165) is 49.8 Å². The lowest BCUT2D eigenvalue weighted by Gasteiger charge is -2.14. The predicted octanol–water partition coefficient (Wildman–Crippen LogP) is 8.05. The van der Waals surface area contributed by atoms with Crippen molar-refractivity contribution in [3.63, 3.8) is 0 Å². The number of thiazole rings is 1. The largest absolute Gasteiger partial charge is 0.298 e. The Hall–Kier alpha value is -4.35. The summed E-state index contributed by atoms with van der Waals surface area (Å²) in [4.78, 5) is 23.3. The van der Waals surface area contributed by atoms with Crippen molar-refractivity contribution in [3.8, 4) is 22.5 Å². The summed E-state index contributed by atoms with van der Waals surface area (Å²) < 4.78 is 0. The molecule has 0 aliphatic heterocycles. The van der Waals surface area contributed by atoms with Crippen LogP contribution in [0, 0.1) is 13.8 Å². The molecule has 1 amide bonds. The van der Waals surface area contributed by atoms with Gasteiger partial charge in [0.25, 0.3) is 5.91 Å². The van der Waals surface area contributed by atoms with Gasteiger partial charge in [0, 0.05) is 21.9 Å². The summed E-state index contributed by atoms with van der Waals surface area (Å²) in [5.74, 6) is -0.182. The number of benzene rings is 4. The van der Waals surface area contributed by atoms with Crippen molar-refractivity contribution < 1.29 is 4.79 Å². The van der Waals surface area contributed by atoms with Gasteiger partial charge < -0.3 is 0 Å². The quantitative estimate of drug-likeness (QED) is 0.275. The highest BCUT2D eigenvalue weighted by molar-refractivity contribution is 7.14. The Kier molecular flexibility index (Phi) is 5.55. The minimum absolute atomic E-state index is 0.182. The number of anilines is 1. The second-order valence-electron chi connectivity index (χ2n) is 8.86. The molecule has 0 saturated carbocycles. The molecule has 0 spiro atoms. The molecule has 0 bridgehead atoms. The molecule has 0 atom stereocenters. The monoisotopic (exact) mass is 485 g/mol. The van der Waals surface area contributed by atoms with Crippen LogP contribution >= 0.6 is 11.3 Å². The fourth-order valence-corrected chi connectivity index (χ4v) is 5.36. The number of carbonyl (C=O) groups excluding carboxylic acids is 1. The lowest BCUT2D eigenvalue weighted by Crippen LogP contribution is -2.15. The Morgan fingerprint density at radius 2 is 1.50 bits per heavy atom. The topological polar surface area (TPSA) is 54.9 Å². The zero-order valence-electron chi connectivity index (χ0n) is 19.9. The zero-order valence-corrected chi connectivity index (χ0v) is 20.8. The first kappa shape index (κ1) is 22.1. The summed E-state index contributed by atoms with van der Waals surface area (Å²) in [6, 6.07) is 30.5. The molecule has 2 aromatic heterocycles. The number of para-hydroxylation sites is 1. The fraction of sp³-hybridized carbons (Fsp3) is 0.0645. The highest BCUT2D eigenvalue weighted by Gasteiger charge is 2.20. The molecular formula is C31H23N3OS. The molecule has 0 saturated heterocycles. The number of nitrogens with one attached hydrogen (secondary N) is 1. The van der Waals surface area contributed by atoms with Gasteiger partial charge in [0.1, 0.15) is 0 Å². The Labute approximate surface area is 213 Å². The number of aryl methyl sites for hydroxylation is 1. The molecular weight excluding hydrogens is 462 g/mol. The standard InChI is InChI=1S/C31H23N3OS/c1-19-14-16-22(17-15-19)29-20(2)28(25-11-5-6-13-26(25)32-29)30(35)34-31-33-27(18-36-31)24-12-7-9-21-8-3-4-10-23(21)24/h3-18H,1-2H3,(H,33,34,35). The first-order valence-corrected chi connectivity index (χ1v) is 12.7. The molecule has 6 rings (SSSR count). The Morgan fingerprint density at radius 3 is 2.33 bits per heavy atom. The number of aromatic nitrogens is 2. The van der Waals surface area contributed by atoms with Crippen LogP contribution in [0.5, 0.6) is 0 Å². The Morgan fingerprint density at radius 1 is 0.778 bits per heavy atom. The lowest BCUT2D eigenvalue weighted by atomic mass is 9.97. The third-order valence-corrected chi connectivity index (χ3v) is 7.24. The van der Waals surface area contributed by atoms with Gasteiger partial charge in [0.15, 0.2) is 5.13 Å². The average molecular weight is 486 g/mol. The van der Waals surface area contributed by atoms with Gasteiger partial charge in [-0.2, -0.15) is 0 Å². The maximum Gasteiger partial charge on any atom is 0.258 e. The summed E-state index contributed by atoms with van der Waals surface area (Å²) in [6.07, 6.45) is 0. The van der Waals surface area contributed by atoms with E-state index in [1.54, 1.807) is 0 Å². The average Bonchev–Trinajstić information content (AvgIpc) is 3.36. The molecule has 0 unspecified atom stereocenters. The normalized spacial score (nSPS) is 11.2. The van der Waals surface area contributed by atoms with E-state index in [-0.39, 0.29) is 5.91 Å². The van der Waals surface area contributed by atoms with E-state index in [1.807, 2.05) is 54.8 Å². The van der Waals surface area contributed by atoms with Crippen molar-refractivity contribution in [2.75, 3.05) is 5.32 Å². The van der Waals surface area contributed by atoms with Crippen LogP contribution in [0.25, 0.3) is 44.2 Å². The Balaban J connectivity index is 1.39. The molecule has 174 valence electrons. The van der Waals surface area contributed by atoms with Gasteiger partial charge in [-0.3, -0.25) is 10.1 Å². The third kappa shape index (κ3) is 3.93. The minimum Gasteiger partial charge on any atom is -0.298 e. The summed E-state index contributed by atoms with van der Waals surface area (Å²) >= 11 is 1.43. The zero-order chi connectivity index (χ0) is 24.6. The predicted molar refractivity (Wildman–Crippen MR) is 150 cm³/mol. The van der Waals surface area contributed by atoms with Crippen molar-refractivity contribution in [3.05, 3.63) is 113 Å². The van der Waals surface area contributed by atoms with Crippen molar-refractivity contribution in [1.29, 1.82) is 0 Å². The first-order chi connectivity index (χ1) is 17.6. The molecule has 6 aromatic rings. The van der Waals surface area contributed by atoms with Crippen LogP contribution in [0.1, 0.15) is 21.5 Å². The number of hydrogen-bond donors (Lipinski definition) is 1. The van der Waals surface area contributed by atoms with E-state index < -0.39 is 0 Å². The first-order valence-electron chi connectivity index (χ1n) is 11.8. The number of nitrogens with zero attached hydrogens (tertiary/aromatic N) is 2. The molecule has 4 nitrogen and oxygen atoms in total. The van der Waals surface area contributed by atoms with Crippen molar-refractivity contribution in [1.82, 2.24) is 9.97 Å². The molecule has 0 aliphatic carbocycles. The number of pyridine rings is 1. The van der Waals surface area contributed by atoms with Gasteiger partial charge in [-0.25, -0.2) is 9.97 Å². The van der Waals surface area contributed by atoms with Crippen LogP contribution in [0.3, 0.4) is 0 Å². The molecule has 4 aromatic carbocycles. The summed E-state index contributed by atoms with van der Waals surface area (Å²) in [5.41, 5.74) is 7.15. The molecule has 5 heteroatoms. The third-order valence-electron chi connectivity index (χ3n) is 6.48. The van der Waals surface area contributed by atoms with E-state index in [4.69, 9.17) is 9.97 Å². The van der Waals surface area contributed by atoms with Crippen LogP contribution in [-0.4, -0.2) is 15.9 Å². The lowest BCUT2D eigenvalue weighted by molar-refractivity contribution is 0.102. The smallest absolute Gasteiger partial charge is 0.258 e. The second kappa shape index (κ2) is 9.02. The van der Waals surface area contributed by atoms with Gasteiger partial charge in [-0.1, -0.05) is 90.5 Å². The van der Waals surface area contributed by atoms with Crippen molar-refractivity contribution >= 4 is 44.1 Å². The van der Waals surface area contributed by atoms with Crippen LogP contribution in [0.15, 0.2) is 96.4 Å². The van der Waals surface area contributed by atoms with Crippen LogP contribution in [0.2, 0.25) is 0 Å². The van der Waals surface area contributed by atoms with E-state index in [0.29, 0.717) is 10.7 Å². The van der Waals surface area contributed by atoms with E-state index in [1.165, 1.54) is 16.9 Å². The van der Waals surface area contributed by atoms with E-state index in [9.17, 15) is 4.79 Å². The molecule has 36 heavy (non-hydrogen) atoms. The number of amides is 1. The van der Waals surface area contributed by atoms with Gasteiger partial charge in [-0.05, 0) is 36.2 Å². The maximum absolute atomic E-state index is 13.7. The number of carbonyl (C=O) groups is 1. The second-order valence-corrected chi connectivity index (χ2v) is 9.72. The maximum atomic E-state index is 13.7. The Bertz CT molecular complexity index is 1750. The molecule has 0 radical (unpaired) electrons. The molecule has 1 N–H and O–H groups in total. The van der Waals surface area contributed by atoms with Crippen LogP contribution in [0.4, 0.5) is 5.13 Å². The summed E-state index contributed by atoms with van der Waals surface area (Å²) in [5, 5.41) is 8.75. The number of hydrogen-bond acceptors (Lipinski definition) is 4. The highest BCUT2D eigenvalue weighted by Crippen LogP contribution is 2.33. The molecule has 0 aliphatic rings. The molecule has 2 heterocycles. The van der Waals surface area contributed by atoms with Crippen LogP contribution < -0.4 is 5.32 Å².